The van der Waals surface area contributed by atoms with Gasteiger partial charge < -0.3 is 24.8 Å². The second-order valence-corrected chi connectivity index (χ2v) is 6.59. The molecule has 150 valence electrons. The molecule has 0 bridgehead atoms. The van der Waals surface area contributed by atoms with Crippen molar-refractivity contribution in [2.24, 2.45) is 0 Å². The lowest BCUT2D eigenvalue weighted by Gasteiger charge is -2.15. The zero-order valence-electron chi connectivity index (χ0n) is 16.7. The second kappa shape index (κ2) is 9.82. The van der Waals surface area contributed by atoms with Crippen LogP contribution in [0.25, 0.3) is 0 Å². The number of hydrogen-bond donors (Lipinski definition) is 2. The van der Waals surface area contributed by atoms with Crippen LogP contribution in [-0.2, 0) is 0 Å². The molecule has 2 N–H and O–H groups in total. The van der Waals surface area contributed by atoms with E-state index >= 15 is 0 Å². The average Bonchev–Trinajstić information content (AvgIpc) is 2.74. The fraction of sp³-hybridized carbons (Fsp3) is 0.429. The molecule has 1 aromatic heterocycles. The third-order valence-electron chi connectivity index (χ3n) is 4.71. The van der Waals surface area contributed by atoms with Crippen LogP contribution in [0.15, 0.2) is 36.0 Å². The van der Waals surface area contributed by atoms with E-state index in [-0.39, 0.29) is 0 Å². The van der Waals surface area contributed by atoms with E-state index in [1.54, 1.807) is 27.5 Å². The Bertz CT molecular complexity index is 798. The van der Waals surface area contributed by atoms with Gasteiger partial charge in [-0.15, -0.1) is 0 Å². The number of rotatable bonds is 9. The first-order valence-electron chi connectivity index (χ1n) is 9.55. The van der Waals surface area contributed by atoms with Crippen molar-refractivity contribution in [2.45, 2.75) is 32.1 Å². The third-order valence-corrected chi connectivity index (χ3v) is 4.71. The molecule has 1 aliphatic rings. The summed E-state index contributed by atoms with van der Waals surface area (Å²) < 4.78 is 16.2. The van der Waals surface area contributed by atoms with E-state index in [1.807, 2.05) is 18.2 Å². The van der Waals surface area contributed by atoms with Crippen LogP contribution in [0.5, 0.6) is 17.2 Å². The van der Waals surface area contributed by atoms with Crippen molar-refractivity contribution in [1.29, 1.82) is 0 Å². The van der Waals surface area contributed by atoms with Crippen molar-refractivity contribution < 1.29 is 14.2 Å². The third kappa shape index (κ3) is 5.06. The lowest BCUT2D eigenvalue weighted by atomic mass is 9.97. The SMILES string of the molecule is COc1cc(Nc2ccnc(NCCC3=CCCCC3)n2)cc(OC)c1OC. The van der Waals surface area contributed by atoms with Gasteiger partial charge in [0, 0.05) is 30.6 Å². The molecule has 3 rings (SSSR count). The molecule has 2 aromatic rings. The summed E-state index contributed by atoms with van der Waals surface area (Å²) in [5, 5.41) is 6.58. The minimum absolute atomic E-state index is 0.553. The zero-order chi connectivity index (χ0) is 19.8. The highest BCUT2D eigenvalue weighted by Crippen LogP contribution is 2.40. The number of nitrogens with one attached hydrogen (secondary N) is 2. The van der Waals surface area contributed by atoms with Gasteiger partial charge >= 0.3 is 0 Å². The number of aromatic nitrogens is 2. The van der Waals surface area contributed by atoms with Crippen LogP contribution >= 0.6 is 0 Å². The van der Waals surface area contributed by atoms with Crippen LogP contribution in [0, 0.1) is 0 Å². The number of benzene rings is 1. The number of methoxy groups -OCH3 is 3. The highest BCUT2D eigenvalue weighted by Gasteiger charge is 2.13. The van der Waals surface area contributed by atoms with Gasteiger partial charge in [0.05, 0.1) is 21.3 Å². The van der Waals surface area contributed by atoms with Crippen LogP contribution in [0.1, 0.15) is 32.1 Å². The van der Waals surface area contributed by atoms with E-state index in [0.717, 1.165) is 18.7 Å². The largest absolute Gasteiger partial charge is 0.493 e. The predicted molar refractivity (Wildman–Crippen MR) is 111 cm³/mol. The average molecular weight is 384 g/mol. The molecule has 0 saturated heterocycles. The molecule has 1 aromatic carbocycles. The Morgan fingerprint density at radius 3 is 2.46 bits per heavy atom. The molecule has 0 atom stereocenters. The predicted octanol–water partition coefficient (Wildman–Crippen LogP) is 4.55. The molecule has 0 fully saturated rings. The molecule has 0 saturated carbocycles. The Hall–Kier alpha value is -2.96. The van der Waals surface area contributed by atoms with Gasteiger partial charge in [0.15, 0.2) is 11.5 Å². The fourth-order valence-corrected chi connectivity index (χ4v) is 3.28. The zero-order valence-corrected chi connectivity index (χ0v) is 16.7. The van der Waals surface area contributed by atoms with Gasteiger partial charge in [-0.05, 0) is 38.2 Å². The topological polar surface area (TPSA) is 77.5 Å². The van der Waals surface area contributed by atoms with Gasteiger partial charge in [0.1, 0.15) is 5.82 Å². The number of hydrogen-bond acceptors (Lipinski definition) is 7. The molecule has 7 heteroatoms. The number of allylic oxidation sites excluding steroid dienone is 1. The molecule has 0 radical (unpaired) electrons. The molecule has 7 nitrogen and oxygen atoms in total. The van der Waals surface area contributed by atoms with Crippen molar-refractivity contribution in [1.82, 2.24) is 9.97 Å². The monoisotopic (exact) mass is 384 g/mol. The molecule has 1 aliphatic carbocycles. The summed E-state index contributed by atoms with van der Waals surface area (Å²) in [4.78, 5) is 8.85. The van der Waals surface area contributed by atoms with E-state index in [0.29, 0.717) is 29.0 Å². The fourth-order valence-electron chi connectivity index (χ4n) is 3.28. The molecular weight excluding hydrogens is 356 g/mol. The summed E-state index contributed by atoms with van der Waals surface area (Å²) in [7, 11) is 4.77. The molecule has 0 unspecified atom stereocenters. The molecule has 1 heterocycles. The Morgan fingerprint density at radius 1 is 1.04 bits per heavy atom. The van der Waals surface area contributed by atoms with Crippen LogP contribution in [0.2, 0.25) is 0 Å². The smallest absolute Gasteiger partial charge is 0.224 e. The maximum absolute atomic E-state index is 5.40. The minimum atomic E-state index is 0.553. The van der Waals surface area contributed by atoms with Crippen LogP contribution < -0.4 is 24.8 Å². The van der Waals surface area contributed by atoms with Crippen molar-refractivity contribution in [3.8, 4) is 17.2 Å². The Morgan fingerprint density at radius 2 is 1.82 bits per heavy atom. The van der Waals surface area contributed by atoms with Crippen LogP contribution in [-0.4, -0.2) is 37.8 Å². The lowest BCUT2D eigenvalue weighted by Crippen LogP contribution is -2.08. The summed E-state index contributed by atoms with van der Waals surface area (Å²) >= 11 is 0. The van der Waals surface area contributed by atoms with Gasteiger partial charge in [0.25, 0.3) is 0 Å². The summed E-state index contributed by atoms with van der Waals surface area (Å²) in [6.45, 7) is 0.833. The van der Waals surface area contributed by atoms with E-state index in [9.17, 15) is 0 Å². The molecule has 28 heavy (non-hydrogen) atoms. The molecule has 0 spiro atoms. The Labute approximate surface area is 166 Å². The van der Waals surface area contributed by atoms with Gasteiger partial charge in [-0.3, -0.25) is 0 Å². The first kappa shape index (κ1) is 19.8. The first-order chi connectivity index (χ1) is 13.7. The van der Waals surface area contributed by atoms with Crippen molar-refractivity contribution in [3.05, 3.63) is 36.0 Å². The standard InChI is InChI=1S/C21H28N4O3/c1-26-17-13-16(14-18(27-2)20(17)28-3)24-19-10-12-23-21(25-19)22-11-9-15-7-5-4-6-8-15/h7,10,12-14H,4-6,8-9,11H2,1-3H3,(H2,22,23,24,25). The van der Waals surface area contributed by atoms with E-state index < -0.39 is 0 Å². The summed E-state index contributed by atoms with van der Waals surface area (Å²) in [6.07, 6.45) is 10.2. The first-order valence-corrected chi connectivity index (χ1v) is 9.55. The van der Waals surface area contributed by atoms with Gasteiger partial charge in [0.2, 0.25) is 11.7 Å². The maximum Gasteiger partial charge on any atom is 0.224 e. The minimum Gasteiger partial charge on any atom is -0.493 e. The van der Waals surface area contributed by atoms with Crippen molar-refractivity contribution in [2.75, 3.05) is 38.5 Å². The quantitative estimate of drug-likeness (QED) is 0.614. The number of ether oxygens (including phenoxy) is 3. The van der Waals surface area contributed by atoms with Crippen molar-refractivity contribution in [3.63, 3.8) is 0 Å². The number of nitrogens with zero attached hydrogens (tertiary/aromatic N) is 2. The van der Waals surface area contributed by atoms with Crippen LogP contribution in [0.4, 0.5) is 17.5 Å². The highest BCUT2D eigenvalue weighted by atomic mass is 16.5. The normalized spacial score (nSPS) is 13.5. The Balaban J connectivity index is 1.66. The lowest BCUT2D eigenvalue weighted by molar-refractivity contribution is 0.324. The summed E-state index contributed by atoms with van der Waals surface area (Å²) in [5.74, 6) is 3.00. The maximum atomic E-state index is 5.40. The second-order valence-electron chi connectivity index (χ2n) is 6.59. The van der Waals surface area contributed by atoms with E-state index in [4.69, 9.17) is 14.2 Å². The van der Waals surface area contributed by atoms with Gasteiger partial charge in [-0.25, -0.2) is 4.98 Å². The Kier molecular flexibility index (Phi) is 6.94. The van der Waals surface area contributed by atoms with Crippen molar-refractivity contribution >= 4 is 17.5 Å². The van der Waals surface area contributed by atoms with Gasteiger partial charge in [-0.1, -0.05) is 11.6 Å². The van der Waals surface area contributed by atoms with Crippen LogP contribution in [0.3, 0.4) is 0 Å². The van der Waals surface area contributed by atoms with E-state index in [2.05, 4.69) is 26.7 Å². The number of anilines is 3. The highest BCUT2D eigenvalue weighted by molar-refractivity contribution is 5.66. The summed E-state index contributed by atoms with van der Waals surface area (Å²) in [6, 6.07) is 5.50. The molecule has 0 aliphatic heterocycles. The summed E-state index contributed by atoms with van der Waals surface area (Å²) in [5.41, 5.74) is 2.32. The van der Waals surface area contributed by atoms with E-state index in [1.165, 1.54) is 31.3 Å². The molecule has 0 amide bonds. The molecular formula is C21H28N4O3. The van der Waals surface area contributed by atoms with Gasteiger partial charge in [-0.2, -0.15) is 4.98 Å².